The highest BCUT2D eigenvalue weighted by Gasteiger charge is 2.31. The molecule has 21 heavy (non-hydrogen) atoms. The lowest BCUT2D eigenvalue weighted by Gasteiger charge is -2.16. The van der Waals surface area contributed by atoms with Crippen molar-refractivity contribution in [1.82, 2.24) is 0 Å². The molecule has 112 valence electrons. The van der Waals surface area contributed by atoms with Gasteiger partial charge in [-0.1, -0.05) is 28.1 Å². The standard InChI is InChI=1S/C15H13BrF3NO/c16-11-4-1-9(2-5-11)7-14(21)12-8-10(15(17,18)19)3-6-13(12)20/h1-6,8,14,21H,7,20H2. The van der Waals surface area contributed by atoms with Crippen molar-refractivity contribution in [2.24, 2.45) is 0 Å². The maximum absolute atomic E-state index is 12.7. The average molecular weight is 360 g/mol. The molecule has 3 N–H and O–H groups in total. The SMILES string of the molecule is Nc1ccc(C(F)(F)F)cc1C(O)Cc1ccc(Br)cc1. The molecule has 1 atom stereocenters. The summed E-state index contributed by atoms with van der Waals surface area (Å²) in [4.78, 5) is 0. The van der Waals surface area contributed by atoms with Gasteiger partial charge in [0.2, 0.25) is 0 Å². The molecule has 0 aromatic heterocycles. The van der Waals surface area contributed by atoms with Crippen LogP contribution in [0.25, 0.3) is 0 Å². The van der Waals surface area contributed by atoms with Gasteiger partial charge in [0.25, 0.3) is 0 Å². The van der Waals surface area contributed by atoms with Gasteiger partial charge < -0.3 is 10.8 Å². The van der Waals surface area contributed by atoms with Crippen LogP contribution >= 0.6 is 15.9 Å². The first-order valence-electron chi connectivity index (χ1n) is 6.16. The van der Waals surface area contributed by atoms with Crippen molar-refractivity contribution in [3.05, 3.63) is 63.6 Å². The highest BCUT2D eigenvalue weighted by Crippen LogP contribution is 2.33. The highest BCUT2D eigenvalue weighted by atomic mass is 79.9. The molecule has 0 bridgehead atoms. The Morgan fingerprint density at radius 1 is 1.10 bits per heavy atom. The summed E-state index contributed by atoms with van der Waals surface area (Å²) in [6, 6.07) is 10.2. The van der Waals surface area contributed by atoms with Crippen molar-refractivity contribution in [2.45, 2.75) is 18.7 Å². The van der Waals surface area contributed by atoms with E-state index in [1.54, 1.807) is 24.3 Å². The van der Waals surface area contributed by atoms with Crippen molar-refractivity contribution in [3.8, 4) is 0 Å². The highest BCUT2D eigenvalue weighted by molar-refractivity contribution is 9.10. The number of alkyl halides is 3. The Morgan fingerprint density at radius 2 is 1.71 bits per heavy atom. The predicted octanol–water partition coefficient (Wildman–Crippen LogP) is 4.33. The lowest BCUT2D eigenvalue weighted by molar-refractivity contribution is -0.137. The van der Waals surface area contributed by atoms with Gasteiger partial charge in [0, 0.05) is 22.1 Å². The minimum absolute atomic E-state index is 0.0905. The molecule has 2 nitrogen and oxygen atoms in total. The molecule has 0 radical (unpaired) electrons. The van der Waals surface area contributed by atoms with Crippen LogP contribution in [0.15, 0.2) is 46.9 Å². The minimum Gasteiger partial charge on any atom is -0.398 e. The van der Waals surface area contributed by atoms with Crippen LogP contribution in [0.5, 0.6) is 0 Å². The maximum Gasteiger partial charge on any atom is 0.416 e. The number of hydrogen-bond acceptors (Lipinski definition) is 2. The number of hydrogen-bond donors (Lipinski definition) is 2. The van der Waals surface area contributed by atoms with Gasteiger partial charge >= 0.3 is 6.18 Å². The number of anilines is 1. The molecule has 1 unspecified atom stereocenters. The molecular weight excluding hydrogens is 347 g/mol. The van der Waals surface area contributed by atoms with Crippen LogP contribution in [0.2, 0.25) is 0 Å². The summed E-state index contributed by atoms with van der Waals surface area (Å²) in [5.74, 6) is 0. The summed E-state index contributed by atoms with van der Waals surface area (Å²) in [7, 11) is 0. The fourth-order valence-corrected chi connectivity index (χ4v) is 2.26. The molecule has 2 aromatic rings. The van der Waals surface area contributed by atoms with E-state index in [4.69, 9.17) is 5.73 Å². The molecule has 2 rings (SSSR count). The zero-order valence-corrected chi connectivity index (χ0v) is 12.4. The third-order valence-corrected chi connectivity index (χ3v) is 3.64. The van der Waals surface area contributed by atoms with E-state index in [0.717, 1.165) is 22.2 Å². The number of nitrogens with two attached hydrogens (primary N) is 1. The van der Waals surface area contributed by atoms with E-state index < -0.39 is 17.8 Å². The van der Waals surface area contributed by atoms with Crippen LogP contribution < -0.4 is 5.73 Å². The van der Waals surface area contributed by atoms with Crippen LogP contribution in [0.4, 0.5) is 18.9 Å². The Bertz CT molecular complexity index is 626. The lowest BCUT2D eigenvalue weighted by Crippen LogP contribution is -2.10. The summed E-state index contributed by atoms with van der Waals surface area (Å²) in [5, 5.41) is 10.2. The Kier molecular flexibility index (Phi) is 4.58. The van der Waals surface area contributed by atoms with Crippen molar-refractivity contribution < 1.29 is 18.3 Å². The number of aliphatic hydroxyl groups excluding tert-OH is 1. The predicted molar refractivity (Wildman–Crippen MR) is 78.7 cm³/mol. The monoisotopic (exact) mass is 359 g/mol. The molecule has 0 aliphatic rings. The van der Waals surface area contributed by atoms with E-state index >= 15 is 0 Å². The van der Waals surface area contributed by atoms with Crippen LogP contribution in [0.3, 0.4) is 0 Å². The minimum atomic E-state index is -4.46. The van der Waals surface area contributed by atoms with Crippen LogP contribution in [-0.2, 0) is 12.6 Å². The topological polar surface area (TPSA) is 46.2 Å². The Balaban J connectivity index is 2.26. The number of benzene rings is 2. The summed E-state index contributed by atoms with van der Waals surface area (Å²) in [6.45, 7) is 0. The number of rotatable bonds is 3. The van der Waals surface area contributed by atoms with E-state index in [9.17, 15) is 18.3 Å². The fraction of sp³-hybridized carbons (Fsp3) is 0.200. The first-order chi connectivity index (χ1) is 9.77. The molecule has 0 heterocycles. The molecule has 0 amide bonds. The van der Waals surface area contributed by atoms with Gasteiger partial charge in [0.1, 0.15) is 0 Å². The van der Waals surface area contributed by atoms with Crippen molar-refractivity contribution >= 4 is 21.6 Å². The maximum atomic E-state index is 12.7. The lowest BCUT2D eigenvalue weighted by atomic mass is 9.98. The molecule has 0 saturated carbocycles. The molecule has 0 fully saturated rings. The fourth-order valence-electron chi connectivity index (χ4n) is 1.99. The molecule has 0 saturated heterocycles. The quantitative estimate of drug-likeness (QED) is 0.801. The second kappa shape index (κ2) is 6.07. The third-order valence-electron chi connectivity index (χ3n) is 3.12. The van der Waals surface area contributed by atoms with Crippen molar-refractivity contribution in [3.63, 3.8) is 0 Å². The van der Waals surface area contributed by atoms with Gasteiger partial charge in [0.05, 0.1) is 11.7 Å². The molecule has 6 heteroatoms. The molecule has 0 aliphatic heterocycles. The largest absolute Gasteiger partial charge is 0.416 e. The van der Waals surface area contributed by atoms with Gasteiger partial charge in [-0.25, -0.2) is 0 Å². The van der Waals surface area contributed by atoms with Gasteiger partial charge in [-0.15, -0.1) is 0 Å². The average Bonchev–Trinajstić information content (AvgIpc) is 2.40. The Morgan fingerprint density at radius 3 is 2.29 bits per heavy atom. The Hall–Kier alpha value is -1.53. The number of halogens is 4. The van der Waals surface area contributed by atoms with E-state index in [2.05, 4.69) is 15.9 Å². The van der Waals surface area contributed by atoms with Crippen molar-refractivity contribution in [2.75, 3.05) is 5.73 Å². The second-order valence-electron chi connectivity index (χ2n) is 4.69. The van der Waals surface area contributed by atoms with E-state index in [-0.39, 0.29) is 17.7 Å². The summed E-state index contributed by atoms with van der Waals surface area (Å²) >= 11 is 3.29. The zero-order chi connectivity index (χ0) is 15.6. The summed E-state index contributed by atoms with van der Waals surface area (Å²) < 4.78 is 39.0. The van der Waals surface area contributed by atoms with Crippen LogP contribution in [-0.4, -0.2) is 5.11 Å². The van der Waals surface area contributed by atoms with Crippen molar-refractivity contribution in [1.29, 1.82) is 0 Å². The first-order valence-corrected chi connectivity index (χ1v) is 6.96. The Labute approximate surface area is 128 Å². The number of aliphatic hydroxyl groups is 1. The third kappa shape index (κ3) is 3.98. The van der Waals surface area contributed by atoms with Crippen LogP contribution in [0, 0.1) is 0 Å². The zero-order valence-electron chi connectivity index (χ0n) is 10.9. The van der Waals surface area contributed by atoms with Gasteiger partial charge in [-0.3, -0.25) is 0 Å². The molecular formula is C15H13BrF3NO. The smallest absolute Gasteiger partial charge is 0.398 e. The first kappa shape index (κ1) is 15.9. The molecule has 2 aromatic carbocycles. The molecule has 0 spiro atoms. The van der Waals surface area contributed by atoms with Crippen LogP contribution in [0.1, 0.15) is 22.8 Å². The summed E-state index contributed by atoms with van der Waals surface area (Å²) in [5.41, 5.74) is 5.90. The number of nitrogen functional groups attached to an aromatic ring is 1. The van der Waals surface area contributed by atoms with E-state index in [1.165, 1.54) is 6.07 Å². The van der Waals surface area contributed by atoms with Gasteiger partial charge in [0.15, 0.2) is 0 Å². The second-order valence-corrected chi connectivity index (χ2v) is 5.60. The normalized spacial score (nSPS) is 13.2. The van der Waals surface area contributed by atoms with Gasteiger partial charge in [-0.05, 0) is 35.9 Å². The summed E-state index contributed by atoms with van der Waals surface area (Å²) in [6.07, 6.45) is -5.35. The van der Waals surface area contributed by atoms with Gasteiger partial charge in [-0.2, -0.15) is 13.2 Å². The molecule has 0 aliphatic carbocycles. The van der Waals surface area contributed by atoms with E-state index in [1.807, 2.05) is 0 Å². The van der Waals surface area contributed by atoms with E-state index in [0.29, 0.717) is 0 Å².